The highest BCUT2D eigenvalue weighted by Crippen LogP contribution is 2.28. The van der Waals surface area contributed by atoms with Gasteiger partial charge in [0.15, 0.2) is 0 Å². The van der Waals surface area contributed by atoms with Crippen LogP contribution in [0.5, 0.6) is 0 Å². The maximum absolute atomic E-state index is 9.34. The Morgan fingerprint density at radius 1 is 1.50 bits per heavy atom. The molecule has 1 spiro atoms. The molecule has 0 saturated carbocycles. The maximum atomic E-state index is 9.34. The van der Waals surface area contributed by atoms with Crippen molar-refractivity contribution in [3.63, 3.8) is 0 Å². The van der Waals surface area contributed by atoms with Crippen LogP contribution >= 0.6 is 0 Å². The normalized spacial score (nSPS) is 44.0. The van der Waals surface area contributed by atoms with Crippen molar-refractivity contribution in [2.24, 2.45) is 0 Å². The van der Waals surface area contributed by atoms with Gasteiger partial charge in [0.25, 0.3) is 0 Å². The summed E-state index contributed by atoms with van der Waals surface area (Å²) in [5.74, 6) is 0. The molecule has 0 aliphatic carbocycles. The number of nitrogens with zero attached hydrogens (tertiary/aromatic N) is 1. The lowest BCUT2D eigenvalue weighted by Gasteiger charge is -2.36. The van der Waals surface area contributed by atoms with Crippen LogP contribution < -0.4 is 5.32 Å². The van der Waals surface area contributed by atoms with Crippen LogP contribution in [0.4, 0.5) is 0 Å². The Bertz CT molecular complexity index is 164. The smallest absolute Gasteiger partial charge is 0.0665 e. The summed E-state index contributed by atoms with van der Waals surface area (Å²) in [5, 5.41) is 12.8. The predicted octanol–water partition coefficient (Wildman–Crippen LogP) is -0.195. The third-order valence-electron chi connectivity index (χ3n) is 3.21. The number of hydrogen-bond donors (Lipinski definition) is 2. The second kappa shape index (κ2) is 2.98. The van der Waals surface area contributed by atoms with E-state index in [1.54, 1.807) is 0 Å². The number of rotatable bonds is 0. The minimum absolute atomic E-state index is 0.110. The summed E-state index contributed by atoms with van der Waals surface area (Å²) in [6.45, 7) is 3.14. The van der Waals surface area contributed by atoms with Crippen molar-refractivity contribution < 1.29 is 5.11 Å². The van der Waals surface area contributed by atoms with E-state index in [0.717, 1.165) is 25.9 Å². The molecule has 0 aromatic carbocycles. The van der Waals surface area contributed by atoms with E-state index in [1.807, 2.05) is 0 Å². The lowest BCUT2D eigenvalue weighted by molar-refractivity contribution is 0.0961. The van der Waals surface area contributed by atoms with Gasteiger partial charge < -0.3 is 15.3 Å². The first-order valence-electron chi connectivity index (χ1n) is 4.82. The SMILES string of the molecule is CN1CCC2(CCC(O)CN2)C1. The third kappa shape index (κ3) is 1.49. The highest BCUT2D eigenvalue weighted by Gasteiger charge is 2.38. The third-order valence-corrected chi connectivity index (χ3v) is 3.21. The number of aliphatic hydroxyl groups is 1. The zero-order valence-electron chi connectivity index (χ0n) is 7.71. The summed E-state index contributed by atoms with van der Waals surface area (Å²) in [6, 6.07) is 0. The fourth-order valence-electron chi connectivity index (χ4n) is 2.40. The molecule has 2 rings (SSSR count). The molecule has 0 aromatic heterocycles. The molecule has 2 N–H and O–H groups in total. The first kappa shape index (κ1) is 8.48. The van der Waals surface area contributed by atoms with Gasteiger partial charge in [-0.25, -0.2) is 0 Å². The van der Waals surface area contributed by atoms with Crippen molar-refractivity contribution in [1.29, 1.82) is 0 Å². The summed E-state index contributed by atoms with van der Waals surface area (Å²) in [5.41, 5.74) is 0.341. The van der Waals surface area contributed by atoms with Crippen molar-refractivity contribution in [2.45, 2.75) is 30.9 Å². The van der Waals surface area contributed by atoms with Gasteiger partial charge in [0.2, 0.25) is 0 Å². The van der Waals surface area contributed by atoms with Crippen LogP contribution in [0.2, 0.25) is 0 Å². The van der Waals surface area contributed by atoms with E-state index in [0.29, 0.717) is 5.54 Å². The molecule has 2 unspecified atom stereocenters. The molecule has 0 radical (unpaired) electrons. The van der Waals surface area contributed by atoms with Crippen molar-refractivity contribution >= 4 is 0 Å². The van der Waals surface area contributed by atoms with Gasteiger partial charge in [0.05, 0.1) is 6.10 Å². The fourth-order valence-corrected chi connectivity index (χ4v) is 2.40. The number of likely N-dealkylation sites (N-methyl/N-ethyl adjacent to an activating group) is 1. The molecule has 2 atom stereocenters. The molecule has 2 aliphatic heterocycles. The molecule has 3 nitrogen and oxygen atoms in total. The Morgan fingerprint density at radius 2 is 2.33 bits per heavy atom. The number of aliphatic hydroxyl groups excluding tert-OH is 1. The van der Waals surface area contributed by atoms with Gasteiger partial charge in [0.1, 0.15) is 0 Å². The molecule has 2 heterocycles. The zero-order chi connectivity index (χ0) is 8.60. The maximum Gasteiger partial charge on any atom is 0.0665 e. The van der Waals surface area contributed by atoms with E-state index in [2.05, 4.69) is 17.3 Å². The molecule has 0 aromatic rings. The Balaban J connectivity index is 1.95. The molecule has 2 aliphatic rings. The standard InChI is InChI=1S/C9H18N2O/c1-11-5-4-9(7-11)3-2-8(12)6-10-9/h8,10,12H,2-7H2,1H3. The molecule has 12 heavy (non-hydrogen) atoms. The van der Waals surface area contributed by atoms with Crippen molar-refractivity contribution in [2.75, 3.05) is 26.7 Å². The highest BCUT2D eigenvalue weighted by molar-refractivity contribution is 4.99. The summed E-state index contributed by atoms with van der Waals surface area (Å²) < 4.78 is 0. The second-order valence-corrected chi connectivity index (χ2v) is 4.34. The quantitative estimate of drug-likeness (QED) is 0.529. The van der Waals surface area contributed by atoms with Crippen LogP contribution in [0.25, 0.3) is 0 Å². The minimum atomic E-state index is -0.110. The average molecular weight is 170 g/mol. The first-order chi connectivity index (χ1) is 5.70. The van der Waals surface area contributed by atoms with Crippen LogP contribution in [0.3, 0.4) is 0 Å². The number of likely N-dealkylation sites (tertiary alicyclic amines) is 1. The van der Waals surface area contributed by atoms with Crippen molar-refractivity contribution in [1.82, 2.24) is 10.2 Å². The van der Waals surface area contributed by atoms with Gasteiger partial charge in [-0.05, 0) is 32.9 Å². The van der Waals surface area contributed by atoms with E-state index in [4.69, 9.17) is 0 Å². The number of β-amino-alcohol motifs (C(OH)–C–C–N with tert-alkyl or cyclic N) is 1. The summed E-state index contributed by atoms with van der Waals surface area (Å²) in [7, 11) is 2.17. The Hall–Kier alpha value is -0.120. The van der Waals surface area contributed by atoms with E-state index < -0.39 is 0 Å². The summed E-state index contributed by atoms with van der Waals surface area (Å²) in [4.78, 5) is 2.37. The predicted molar refractivity (Wildman–Crippen MR) is 48.1 cm³/mol. The molecule has 70 valence electrons. The minimum Gasteiger partial charge on any atom is -0.392 e. The number of hydrogen-bond acceptors (Lipinski definition) is 3. The molecular weight excluding hydrogens is 152 g/mol. The van der Waals surface area contributed by atoms with E-state index in [1.165, 1.54) is 13.0 Å². The molecule has 3 heteroatoms. The van der Waals surface area contributed by atoms with Gasteiger partial charge in [-0.15, -0.1) is 0 Å². The van der Waals surface area contributed by atoms with Crippen LogP contribution in [0.1, 0.15) is 19.3 Å². The largest absolute Gasteiger partial charge is 0.392 e. The van der Waals surface area contributed by atoms with Gasteiger partial charge in [-0.3, -0.25) is 0 Å². The summed E-state index contributed by atoms with van der Waals surface area (Å²) in [6.07, 6.45) is 3.25. The van der Waals surface area contributed by atoms with Gasteiger partial charge in [-0.2, -0.15) is 0 Å². The number of piperidine rings is 1. The van der Waals surface area contributed by atoms with Crippen molar-refractivity contribution in [3.05, 3.63) is 0 Å². The van der Waals surface area contributed by atoms with E-state index in [-0.39, 0.29) is 6.10 Å². The van der Waals surface area contributed by atoms with Crippen LogP contribution in [-0.2, 0) is 0 Å². The Kier molecular flexibility index (Phi) is 2.10. The topological polar surface area (TPSA) is 35.5 Å². The molecular formula is C9H18N2O. The van der Waals surface area contributed by atoms with E-state index in [9.17, 15) is 5.11 Å². The van der Waals surface area contributed by atoms with Crippen LogP contribution in [0.15, 0.2) is 0 Å². The average Bonchev–Trinajstić information content (AvgIpc) is 2.40. The molecule has 2 fully saturated rings. The van der Waals surface area contributed by atoms with Gasteiger partial charge in [-0.1, -0.05) is 0 Å². The van der Waals surface area contributed by atoms with Gasteiger partial charge in [0, 0.05) is 18.6 Å². The Labute approximate surface area is 73.8 Å². The van der Waals surface area contributed by atoms with Crippen LogP contribution in [-0.4, -0.2) is 48.3 Å². The molecule has 2 saturated heterocycles. The second-order valence-electron chi connectivity index (χ2n) is 4.34. The molecule has 0 amide bonds. The molecule has 0 bridgehead atoms. The lowest BCUT2D eigenvalue weighted by Crippen LogP contribution is -2.54. The van der Waals surface area contributed by atoms with Crippen LogP contribution in [0, 0.1) is 0 Å². The fraction of sp³-hybridized carbons (Fsp3) is 1.00. The monoisotopic (exact) mass is 170 g/mol. The van der Waals surface area contributed by atoms with Crippen molar-refractivity contribution in [3.8, 4) is 0 Å². The zero-order valence-corrected chi connectivity index (χ0v) is 7.71. The first-order valence-corrected chi connectivity index (χ1v) is 4.82. The Morgan fingerprint density at radius 3 is 2.83 bits per heavy atom. The lowest BCUT2D eigenvalue weighted by atomic mass is 9.87. The number of nitrogens with one attached hydrogen (secondary N) is 1. The highest BCUT2D eigenvalue weighted by atomic mass is 16.3. The van der Waals surface area contributed by atoms with Gasteiger partial charge >= 0.3 is 0 Å². The summed E-state index contributed by atoms with van der Waals surface area (Å²) >= 11 is 0. The van der Waals surface area contributed by atoms with E-state index >= 15 is 0 Å².